The molecule has 0 saturated carbocycles. The van der Waals surface area contributed by atoms with Gasteiger partial charge in [-0.3, -0.25) is 4.90 Å². The summed E-state index contributed by atoms with van der Waals surface area (Å²) in [5, 5.41) is 0. The van der Waals surface area contributed by atoms with Crippen molar-refractivity contribution < 1.29 is 4.74 Å². The molecule has 2 N–H and O–H groups in total. The number of rotatable bonds is 3. The van der Waals surface area contributed by atoms with E-state index in [0.717, 1.165) is 18.4 Å². The van der Waals surface area contributed by atoms with Gasteiger partial charge in [0.2, 0.25) is 0 Å². The van der Waals surface area contributed by atoms with Crippen LogP contribution in [0.3, 0.4) is 0 Å². The number of likely N-dealkylation sites (tertiary alicyclic amines) is 1. The van der Waals surface area contributed by atoms with Gasteiger partial charge in [-0.2, -0.15) is 0 Å². The number of hydrogen-bond donors (Lipinski definition) is 1. The molecule has 2 aliphatic heterocycles. The Morgan fingerprint density at radius 3 is 2.50 bits per heavy atom. The van der Waals surface area contributed by atoms with Crippen LogP contribution < -0.4 is 5.73 Å². The van der Waals surface area contributed by atoms with Crippen LogP contribution in [-0.4, -0.2) is 42.3 Å². The van der Waals surface area contributed by atoms with Gasteiger partial charge in [0.05, 0.1) is 12.2 Å². The highest BCUT2D eigenvalue weighted by Crippen LogP contribution is 2.32. The molecule has 2 rings (SSSR count). The highest BCUT2D eigenvalue weighted by atomic mass is 16.5. The molecular weight excluding hydrogens is 224 g/mol. The summed E-state index contributed by atoms with van der Waals surface area (Å²) < 4.78 is 6.06. The monoisotopic (exact) mass is 254 g/mol. The van der Waals surface area contributed by atoms with Gasteiger partial charge in [-0.15, -0.1) is 0 Å². The van der Waals surface area contributed by atoms with Crippen molar-refractivity contribution in [1.29, 1.82) is 0 Å². The highest BCUT2D eigenvalue weighted by molar-refractivity contribution is 4.92. The molecule has 0 radical (unpaired) electrons. The van der Waals surface area contributed by atoms with E-state index in [9.17, 15) is 0 Å². The number of piperidine rings is 1. The molecule has 18 heavy (non-hydrogen) atoms. The molecule has 0 spiro atoms. The molecule has 0 aromatic heterocycles. The van der Waals surface area contributed by atoms with E-state index in [1.165, 1.54) is 25.8 Å². The molecule has 3 nitrogen and oxygen atoms in total. The number of ether oxygens (including phenoxy) is 1. The number of nitrogens with two attached hydrogens (primary N) is 1. The van der Waals surface area contributed by atoms with E-state index in [4.69, 9.17) is 10.5 Å². The maximum atomic E-state index is 6.06. The Balaban J connectivity index is 2.06. The Labute approximate surface area is 112 Å². The van der Waals surface area contributed by atoms with Gasteiger partial charge in [-0.05, 0) is 44.9 Å². The molecule has 0 amide bonds. The lowest BCUT2D eigenvalue weighted by Gasteiger charge is -2.46. The Morgan fingerprint density at radius 2 is 1.94 bits per heavy atom. The molecule has 0 bridgehead atoms. The Kier molecular flexibility index (Phi) is 4.68. The summed E-state index contributed by atoms with van der Waals surface area (Å²) in [5.74, 6) is 1.55. The fraction of sp³-hybridized carbons (Fsp3) is 1.00. The molecule has 2 saturated heterocycles. The molecule has 2 heterocycles. The molecule has 0 aliphatic carbocycles. The Morgan fingerprint density at radius 1 is 1.22 bits per heavy atom. The first-order chi connectivity index (χ1) is 8.52. The SMILES string of the molecule is CC1CC(C)C(C)N(C(CN)C2CCC(C)O2)C1. The summed E-state index contributed by atoms with van der Waals surface area (Å²) in [4.78, 5) is 2.63. The molecule has 6 atom stereocenters. The summed E-state index contributed by atoms with van der Waals surface area (Å²) in [6.07, 6.45) is 4.48. The van der Waals surface area contributed by atoms with Crippen molar-refractivity contribution in [2.45, 2.75) is 71.2 Å². The van der Waals surface area contributed by atoms with E-state index in [1.54, 1.807) is 0 Å². The van der Waals surface area contributed by atoms with Crippen LogP contribution in [0, 0.1) is 11.8 Å². The van der Waals surface area contributed by atoms with Crippen LogP contribution in [0.25, 0.3) is 0 Å². The zero-order chi connectivity index (χ0) is 13.3. The number of hydrogen-bond acceptors (Lipinski definition) is 3. The number of nitrogens with zero attached hydrogens (tertiary/aromatic N) is 1. The summed E-state index contributed by atoms with van der Waals surface area (Å²) >= 11 is 0. The van der Waals surface area contributed by atoms with Crippen molar-refractivity contribution in [2.24, 2.45) is 17.6 Å². The van der Waals surface area contributed by atoms with Gasteiger partial charge >= 0.3 is 0 Å². The largest absolute Gasteiger partial charge is 0.374 e. The van der Waals surface area contributed by atoms with E-state index in [0.29, 0.717) is 24.3 Å². The lowest BCUT2D eigenvalue weighted by molar-refractivity contribution is -0.0429. The van der Waals surface area contributed by atoms with Crippen molar-refractivity contribution in [1.82, 2.24) is 4.90 Å². The van der Waals surface area contributed by atoms with Crippen LogP contribution in [0.15, 0.2) is 0 Å². The van der Waals surface area contributed by atoms with Crippen LogP contribution in [0.2, 0.25) is 0 Å². The van der Waals surface area contributed by atoms with Gasteiger partial charge in [0.1, 0.15) is 0 Å². The second-order valence-corrected chi connectivity index (χ2v) is 6.62. The summed E-state index contributed by atoms with van der Waals surface area (Å²) in [6.45, 7) is 11.2. The van der Waals surface area contributed by atoms with Gasteiger partial charge in [-0.25, -0.2) is 0 Å². The van der Waals surface area contributed by atoms with E-state index in [1.807, 2.05) is 0 Å². The predicted octanol–water partition coefficient (Wildman–Crippen LogP) is 2.25. The molecule has 106 valence electrons. The third kappa shape index (κ3) is 2.89. The van der Waals surface area contributed by atoms with Crippen LogP contribution in [0.4, 0.5) is 0 Å². The smallest absolute Gasteiger partial charge is 0.0747 e. The standard InChI is InChI=1S/C15H30N2O/c1-10-7-11(2)13(4)17(9-10)14(8-16)15-6-5-12(3)18-15/h10-15H,5-9,16H2,1-4H3. The van der Waals surface area contributed by atoms with Crippen molar-refractivity contribution >= 4 is 0 Å². The van der Waals surface area contributed by atoms with E-state index in [-0.39, 0.29) is 0 Å². The average Bonchev–Trinajstić information content (AvgIpc) is 2.73. The summed E-state index contributed by atoms with van der Waals surface area (Å²) in [6, 6.07) is 1.05. The minimum atomic E-state index is 0.352. The maximum Gasteiger partial charge on any atom is 0.0747 e. The van der Waals surface area contributed by atoms with Gasteiger partial charge in [-0.1, -0.05) is 13.8 Å². The zero-order valence-electron chi connectivity index (χ0n) is 12.4. The van der Waals surface area contributed by atoms with Crippen LogP contribution in [0.1, 0.15) is 47.0 Å². The highest BCUT2D eigenvalue weighted by Gasteiger charge is 2.38. The van der Waals surface area contributed by atoms with E-state index < -0.39 is 0 Å². The molecule has 0 aromatic carbocycles. The Hall–Kier alpha value is -0.120. The molecule has 2 fully saturated rings. The van der Waals surface area contributed by atoms with Crippen LogP contribution in [-0.2, 0) is 4.74 Å². The summed E-state index contributed by atoms with van der Waals surface area (Å²) in [7, 11) is 0. The quantitative estimate of drug-likeness (QED) is 0.839. The third-order valence-corrected chi connectivity index (χ3v) is 5.00. The molecular formula is C15H30N2O. The van der Waals surface area contributed by atoms with Gasteiger partial charge in [0.15, 0.2) is 0 Å². The van der Waals surface area contributed by atoms with Gasteiger partial charge in [0.25, 0.3) is 0 Å². The van der Waals surface area contributed by atoms with Crippen LogP contribution >= 0.6 is 0 Å². The first-order valence-corrected chi connectivity index (χ1v) is 7.64. The topological polar surface area (TPSA) is 38.5 Å². The first-order valence-electron chi connectivity index (χ1n) is 7.64. The minimum absolute atomic E-state index is 0.352. The molecule has 2 aliphatic rings. The fourth-order valence-electron chi connectivity index (χ4n) is 3.81. The lowest BCUT2D eigenvalue weighted by Crippen LogP contribution is -2.57. The predicted molar refractivity (Wildman–Crippen MR) is 75.5 cm³/mol. The maximum absolute atomic E-state index is 6.06. The van der Waals surface area contributed by atoms with Gasteiger partial charge in [0, 0.05) is 25.2 Å². The van der Waals surface area contributed by atoms with Crippen molar-refractivity contribution in [2.75, 3.05) is 13.1 Å². The lowest BCUT2D eigenvalue weighted by atomic mass is 9.84. The first kappa shape index (κ1) is 14.3. The third-order valence-electron chi connectivity index (χ3n) is 5.00. The van der Waals surface area contributed by atoms with Crippen LogP contribution in [0.5, 0.6) is 0 Å². The minimum Gasteiger partial charge on any atom is -0.374 e. The van der Waals surface area contributed by atoms with E-state index in [2.05, 4.69) is 32.6 Å². The second-order valence-electron chi connectivity index (χ2n) is 6.62. The second kappa shape index (κ2) is 5.89. The van der Waals surface area contributed by atoms with E-state index >= 15 is 0 Å². The summed E-state index contributed by atoms with van der Waals surface area (Å²) in [5.41, 5.74) is 6.06. The van der Waals surface area contributed by atoms with Gasteiger partial charge < -0.3 is 10.5 Å². The zero-order valence-corrected chi connectivity index (χ0v) is 12.4. The average molecular weight is 254 g/mol. The molecule has 6 unspecified atom stereocenters. The Bertz CT molecular complexity index is 271. The molecule has 3 heteroatoms. The van der Waals surface area contributed by atoms with Crippen molar-refractivity contribution in [3.05, 3.63) is 0 Å². The van der Waals surface area contributed by atoms with Crippen molar-refractivity contribution in [3.63, 3.8) is 0 Å². The fourth-order valence-corrected chi connectivity index (χ4v) is 3.81. The normalized spacial score (nSPS) is 44.2. The van der Waals surface area contributed by atoms with Crippen molar-refractivity contribution in [3.8, 4) is 0 Å². The molecule has 0 aromatic rings.